The van der Waals surface area contributed by atoms with E-state index < -0.39 is 10.0 Å². The SMILES string of the molecule is Cc1ccc(S(=O)(=O)NBr)c(C)c1. The van der Waals surface area contributed by atoms with Crippen molar-refractivity contribution in [3.05, 3.63) is 29.3 Å². The van der Waals surface area contributed by atoms with Crippen LogP contribution in [0.25, 0.3) is 0 Å². The molecule has 1 rings (SSSR count). The summed E-state index contributed by atoms with van der Waals surface area (Å²) in [6.07, 6.45) is 0. The molecule has 0 heterocycles. The summed E-state index contributed by atoms with van der Waals surface area (Å²) in [5.41, 5.74) is 1.79. The number of nitrogens with one attached hydrogen (secondary N) is 1. The van der Waals surface area contributed by atoms with Crippen LogP contribution in [-0.4, -0.2) is 8.42 Å². The first-order valence-corrected chi connectivity index (χ1v) is 5.94. The molecule has 0 aliphatic carbocycles. The smallest absolute Gasteiger partial charge is 0.206 e. The molecule has 72 valence electrons. The van der Waals surface area contributed by atoms with Gasteiger partial charge in [0.1, 0.15) is 0 Å². The standard InChI is InChI=1S/C8H10BrNO2S/c1-6-3-4-8(7(2)5-6)13(11,12)10-9/h3-5,10H,1-2H3. The van der Waals surface area contributed by atoms with Gasteiger partial charge in [-0.3, -0.25) is 0 Å². The van der Waals surface area contributed by atoms with Crippen molar-refractivity contribution in [2.75, 3.05) is 0 Å². The van der Waals surface area contributed by atoms with Crippen LogP contribution in [0, 0.1) is 13.8 Å². The Labute approximate surface area is 86.5 Å². The van der Waals surface area contributed by atoms with Crippen molar-refractivity contribution in [1.29, 1.82) is 0 Å². The lowest BCUT2D eigenvalue weighted by Crippen LogP contribution is -2.14. The number of benzene rings is 1. The molecule has 0 spiro atoms. The van der Waals surface area contributed by atoms with Gasteiger partial charge in [0.25, 0.3) is 0 Å². The molecule has 0 aliphatic heterocycles. The van der Waals surface area contributed by atoms with Crippen LogP contribution in [0.1, 0.15) is 11.1 Å². The second-order valence-corrected chi connectivity index (χ2v) is 5.42. The number of hydrogen-bond donors (Lipinski definition) is 1. The summed E-state index contributed by atoms with van der Waals surface area (Å²) >= 11 is 2.72. The fraction of sp³-hybridized carbons (Fsp3) is 0.250. The van der Waals surface area contributed by atoms with E-state index in [0.717, 1.165) is 11.1 Å². The summed E-state index contributed by atoms with van der Waals surface area (Å²) in [7, 11) is -3.38. The molecule has 0 fully saturated rings. The molecule has 1 aromatic rings. The predicted octanol–water partition coefficient (Wildman–Crippen LogP) is 1.89. The van der Waals surface area contributed by atoms with Crippen LogP contribution < -0.4 is 3.75 Å². The van der Waals surface area contributed by atoms with E-state index in [2.05, 4.69) is 19.9 Å². The Balaban J connectivity index is 3.33. The van der Waals surface area contributed by atoms with Crippen LogP contribution in [0.4, 0.5) is 0 Å². The van der Waals surface area contributed by atoms with Gasteiger partial charge in [0.15, 0.2) is 0 Å². The molecule has 0 amide bonds. The fourth-order valence-corrected chi connectivity index (χ4v) is 2.48. The maximum Gasteiger partial charge on any atom is 0.250 e. The van der Waals surface area contributed by atoms with Gasteiger partial charge in [0, 0.05) is 16.1 Å². The van der Waals surface area contributed by atoms with Gasteiger partial charge in [-0.2, -0.15) is 0 Å². The van der Waals surface area contributed by atoms with Gasteiger partial charge in [-0.1, -0.05) is 17.7 Å². The van der Waals surface area contributed by atoms with Crippen molar-refractivity contribution in [1.82, 2.24) is 3.75 Å². The van der Waals surface area contributed by atoms with Crippen LogP contribution in [-0.2, 0) is 10.0 Å². The molecule has 1 N–H and O–H groups in total. The zero-order valence-electron chi connectivity index (χ0n) is 7.33. The van der Waals surface area contributed by atoms with Gasteiger partial charge < -0.3 is 0 Å². The van der Waals surface area contributed by atoms with Crippen molar-refractivity contribution >= 4 is 26.2 Å². The first kappa shape index (κ1) is 10.7. The zero-order chi connectivity index (χ0) is 10.1. The highest BCUT2D eigenvalue weighted by molar-refractivity contribution is 9.09. The van der Waals surface area contributed by atoms with Gasteiger partial charge in [0.05, 0.1) is 4.90 Å². The topological polar surface area (TPSA) is 46.2 Å². The summed E-state index contributed by atoms with van der Waals surface area (Å²) < 4.78 is 24.9. The van der Waals surface area contributed by atoms with Gasteiger partial charge in [-0.15, -0.1) is 3.75 Å². The van der Waals surface area contributed by atoms with Crippen molar-refractivity contribution in [2.24, 2.45) is 0 Å². The maximum absolute atomic E-state index is 11.4. The van der Waals surface area contributed by atoms with Gasteiger partial charge in [0.2, 0.25) is 10.0 Å². The molecule has 0 atom stereocenters. The molecule has 0 bridgehead atoms. The summed E-state index contributed by atoms with van der Waals surface area (Å²) in [5.74, 6) is 0. The second kappa shape index (κ2) is 3.77. The van der Waals surface area contributed by atoms with Crippen LogP contribution in [0.15, 0.2) is 23.1 Å². The summed E-state index contributed by atoms with van der Waals surface area (Å²) in [6.45, 7) is 3.69. The average molecular weight is 264 g/mol. The minimum Gasteiger partial charge on any atom is -0.206 e. The molecule has 13 heavy (non-hydrogen) atoms. The first-order valence-electron chi connectivity index (χ1n) is 3.67. The Kier molecular flexibility index (Phi) is 3.10. The fourth-order valence-electron chi connectivity index (χ4n) is 1.14. The number of rotatable bonds is 2. The molecular weight excluding hydrogens is 254 g/mol. The largest absolute Gasteiger partial charge is 0.250 e. The Hall–Kier alpha value is -0.390. The van der Waals surface area contributed by atoms with E-state index in [4.69, 9.17) is 0 Å². The minimum absolute atomic E-state index is 0.301. The molecular formula is C8H10BrNO2S. The van der Waals surface area contributed by atoms with E-state index in [1.54, 1.807) is 19.1 Å². The Morgan fingerprint density at radius 2 is 1.92 bits per heavy atom. The summed E-state index contributed by atoms with van der Waals surface area (Å²) in [5, 5.41) is 0. The van der Waals surface area contributed by atoms with E-state index in [-0.39, 0.29) is 0 Å². The number of halogens is 1. The van der Waals surface area contributed by atoms with Crippen molar-refractivity contribution in [3.8, 4) is 0 Å². The molecule has 0 radical (unpaired) electrons. The molecule has 0 aromatic heterocycles. The molecule has 1 aromatic carbocycles. The average Bonchev–Trinajstić information content (AvgIpc) is 2.03. The van der Waals surface area contributed by atoms with Gasteiger partial charge >= 0.3 is 0 Å². The van der Waals surface area contributed by atoms with E-state index in [1.807, 2.05) is 13.0 Å². The highest BCUT2D eigenvalue weighted by Crippen LogP contribution is 2.16. The molecule has 0 unspecified atom stereocenters. The number of aryl methyl sites for hydroxylation is 2. The van der Waals surface area contributed by atoms with E-state index in [0.29, 0.717) is 4.90 Å². The lowest BCUT2D eigenvalue weighted by Gasteiger charge is -2.05. The lowest BCUT2D eigenvalue weighted by molar-refractivity contribution is 0.594. The maximum atomic E-state index is 11.4. The minimum atomic E-state index is -3.38. The van der Waals surface area contributed by atoms with Crippen molar-refractivity contribution < 1.29 is 8.42 Å². The monoisotopic (exact) mass is 263 g/mol. The van der Waals surface area contributed by atoms with Crippen LogP contribution >= 0.6 is 16.1 Å². The van der Waals surface area contributed by atoms with E-state index in [9.17, 15) is 8.42 Å². The zero-order valence-corrected chi connectivity index (χ0v) is 9.74. The molecule has 0 saturated carbocycles. The van der Waals surface area contributed by atoms with Crippen LogP contribution in [0.5, 0.6) is 0 Å². The highest BCUT2D eigenvalue weighted by Gasteiger charge is 2.14. The van der Waals surface area contributed by atoms with Gasteiger partial charge in [-0.05, 0) is 25.5 Å². The molecule has 0 saturated heterocycles. The van der Waals surface area contributed by atoms with Crippen molar-refractivity contribution in [2.45, 2.75) is 18.7 Å². The second-order valence-electron chi connectivity index (χ2n) is 2.85. The number of hydrogen-bond acceptors (Lipinski definition) is 2. The molecule has 3 nitrogen and oxygen atoms in total. The summed E-state index contributed by atoms with van der Waals surface area (Å²) in [4.78, 5) is 0.301. The lowest BCUT2D eigenvalue weighted by atomic mass is 10.2. The molecule has 5 heteroatoms. The quantitative estimate of drug-likeness (QED) is 0.829. The normalized spacial score (nSPS) is 11.6. The highest BCUT2D eigenvalue weighted by atomic mass is 79.9. The van der Waals surface area contributed by atoms with Crippen LogP contribution in [0.2, 0.25) is 0 Å². The van der Waals surface area contributed by atoms with E-state index in [1.165, 1.54) is 0 Å². The third-order valence-electron chi connectivity index (χ3n) is 1.72. The van der Waals surface area contributed by atoms with E-state index >= 15 is 0 Å². The predicted molar refractivity (Wildman–Crippen MR) is 55.2 cm³/mol. The summed E-state index contributed by atoms with van der Waals surface area (Å²) in [6, 6.07) is 5.19. The Morgan fingerprint density at radius 1 is 1.31 bits per heavy atom. The molecule has 0 aliphatic rings. The Bertz CT molecular complexity index is 414. The van der Waals surface area contributed by atoms with Gasteiger partial charge in [-0.25, -0.2) is 8.42 Å². The Morgan fingerprint density at radius 3 is 2.38 bits per heavy atom. The first-order chi connectivity index (χ1) is 5.97. The third kappa shape index (κ3) is 2.30. The van der Waals surface area contributed by atoms with Crippen molar-refractivity contribution in [3.63, 3.8) is 0 Å². The number of sulfonamides is 1. The van der Waals surface area contributed by atoms with Crippen LogP contribution in [0.3, 0.4) is 0 Å². The third-order valence-corrected chi connectivity index (χ3v) is 4.24.